The zero-order valence-electron chi connectivity index (χ0n) is 8.69. The van der Waals surface area contributed by atoms with E-state index in [4.69, 9.17) is 0 Å². The van der Waals surface area contributed by atoms with Crippen LogP contribution in [0.15, 0.2) is 48.7 Å². The Morgan fingerprint density at radius 2 is 1.73 bits per heavy atom. The maximum atomic E-state index is 4.33. The zero-order valence-corrected chi connectivity index (χ0v) is 8.69. The Kier molecular flexibility index (Phi) is 3.13. The Hall–Kier alpha value is -1.63. The van der Waals surface area contributed by atoms with Crippen molar-refractivity contribution >= 4 is 0 Å². The van der Waals surface area contributed by atoms with Crippen LogP contribution in [0.3, 0.4) is 0 Å². The predicted octanol–water partition coefficient (Wildman–Crippen LogP) is 3.05. The first kappa shape index (κ1) is 9.91. The number of benzene rings is 1. The van der Waals surface area contributed by atoms with Crippen LogP contribution >= 0.6 is 0 Å². The highest BCUT2D eigenvalue weighted by molar-refractivity contribution is 5.24. The second-order valence-corrected chi connectivity index (χ2v) is 3.59. The summed E-state index contributed by atoms with van der Waals surface area (Å²) in [7, 11) is 0. The van der Waals surface area contributed by atoms with Gasteiger partial charge in [-0.3, -0.25) is 4.98 Å². The summed E-state index contributed by atoms with van der Waals surface area (Å²) in [4.78, 5) is 4.33. The summed E-state index contributed by atoms with van der Waals surface area (Å²) < 4.78 is 0. The van der Waals surface area contributed by atoms with Crippen LogP contribution in [0.25, 0.3) is 0 Å². The minimum atomic E-state index is 0.962. The van der Waals surface area contributed by atoms with E-state index in [0.717, 1.165) is 24.1 Å². The number of rotatable bonds is 3. The van der Waals surface area contributed by atoms with Gasteiger partial charge in [0.05, 0.1) is 0 Å². The Morgan fingerprint density at radius 3 is 2.47 bits per heavy atom. The van der Waals surface area contributed by atoms with E-state index in [1.54, 1.807) is 0 Å². The van der Waals surface area contributed by atoms with Crippen LogP contribution < -0.4 is 0 Å². The summed E-state index contributed by atoms with van der Waals surface area (Å²) in [5.74, 6) is 0. The molecule has 0 atom stereocenters. The number of hydrogen-bond acceptors (Lipinski definition) is 1. The van der Waals surface area contributed by atoms with Gasteiger partial charge in [0.15, 0.2) is 0 Å². The largest absolute Gasteiger partial charge is 0.261 e. The molecule has 0 saturated carbocycles. The lowest BCUT2D eigenvalue weighted by atomic mass is 10.1. The molecule has 75 valence electrons. The molecule has 0 aliphatic carbocycles. The first-order valence-corrected chi connectivity index (χ1v) is 5.16. The molecule has 0 aliphatic heterocycles. The predicted molar refractivity (Wildman–Crippen MR) is 62.5 cm³/mol. The van der Waals surface area contributed by atoms with Gasteiger partial charge < -0.3 is 0 Å². The van der Waals surface area contributed by atoms with Crippen molar-refractivity contribution in [1.29, 1.82) is 0 Å². The topological polar surface area (TPSA) is 12.9 Å². The van der Waals surface area contributed by atoms with E-state index in [0.29, 0.717) is 0 Å². The molecule has 0 N–H and O–H groups in total. The lowest BCUT2D eigenvalue weighted by Gasteiger charge is -2.03. The van der Waals surface area contributed by atoms with E-state index >= 15 is 0 Å². The van der Waals surface area contributed by atoms with Gasteiger partial charge in [0.1, 0.15) is 0 Å². The summed E-state index contributed by atoms with van der Waals surface area (Å²) in [6, 6.07) is 14.4. The highest BCUT2D eigenvalue weighted by Gasteiger charge is 1.99. The van der Waals surface area contributed by atoms with Crippen molar-refractivity contribution in [1.82, 2.24) is 4.98 Å². The van der Waals surface area contributed by atoms with Crippen LogP contribution in [-0.2, 0) is 12.8 Å². The number of aromatic nitrogens is 1. The van der Waals surface area contributed by atoms with E-state index in [1.165, 1.54) is 5.56 Å². The molecule has 0 bridgehead atoms. The summed E-state index contributed by atoms with van der Waals surface area (Å²) in [6.07, 6.45) is 3.82. The molecule has 2 aromatic rings. The Labute approximate surface area is 90.8 Å². The molecule has 1 radical (unpaired) electrons. The standard InChI is InChI=1S/C14H14N/c1-12-6-5-11-15-14(12)10-9-13-7-3-2-4-8-13/h2-8,11H,1,9-10H2. The molecule has 0 spiro atoms. The van der Waals surface area contributed by atoms with Gasteiger partial charge in [0.2, 0.25) is 0 Å². The fraction of sp³-hybridized carbons (Fsp3) is 0.143. The van der Waals surface area contributed by atoms with Crippen LogP contribution in [0.1, 0.15) is 16.8 Å². The summed E-state index contributed by atoms with van der Waals surface area (Å²) in [5, 5.41) is 0. The molecular weight excluding hydrogens is 182 g/mol. The molecule has 2 rings (SSSR count). The highest BCUT2D eigenvalue weighted by atomic mass is 14.7. The fourth-order valence-electron chi connectivity index (χ4n) is 1.60. The number of hydrogen-bond donors (Lipinski definition) is 0. The first-order chi connectivity index (χ1) is 7.36. The van der Waals surface area contributed by atoms with Crippen molar-refractivity contribution < 1.29 is 0 Å². The lowest BCUT2D eigenvalue weighted by Crippen LogP contribution is -1.96. The van der Waals surface area contributed by atoms with Crippen LogP contribution in [0.2, 0.25) is 0 Å². The molecule has 0 saturated heterocycles. The molecule has 0 aliphatic rings. The number of nitrogens with zero attached hydrogens (tertiary/aromatic N) is 1. The highest BCUT2D eigenvalue weighted by Crippen LogP contribution is 2.08. The average Bonchev–Trinajstić information content (AvgIpc) is 2.29. The molecule has 1 aromatic carbocycles. The van der Waals surface area contributed by atoms with Crippen LogP contribution in [0, 0.1) is 6.92 Å². The monoisotopic (exact) mass is 196 g/mol. The smallest absolute Gasteiger partial charge is 0.0438 e. The first-order valence-electron chi connectivity index (χ1n) is 5.16. The van der Waals surface area contributed by atoms with Crippen molar-refractivity contribution in [2.45, 2.75) is 12.8 Å². The van der Waals surface area contributed by atoms with Gasteiger partial charge in [0.25, 0.3) is 0 Å². The van der Waals surface area contributed by atoms with Crippen LogP contribution in [-0.4, -0.2) is 4.98 Å². The van der Waals surface area contributed by atoms with Crippen molar-refractivity contribution in [2.75, 3.05) is 0 Å². The Morgan fingerprint density at radius 1 is 0.933 bits per heavy atom. The third-order valence-corrected chi connectivity index (χ3v) is 2.48. The van der Waals surface area contributed by atoms with Crippen molar-refractivity contribution in [3.63, 3.8) is 0 Å². The molecule has 1 heterocycles. The Bertz CT molecular complexity index is 420. The molecule has 1 aromatic heterocycles. The van der Waals surface area contributed by atoms with Crippen molar-refractivity contribution in [3.05, 3.63) is 72.4 Å². The SMILES string of the molecule is [CH2]c1cccnc1CCc1ccccc1. The number of aryl methyl sites for hydroxylation is 2. The van der Waals surface area contributed by atoms with Gasteiger partial charge in [-0.2, -0.15) is 0 Å². The maximum absolute atomic E-state index is 4.33. The van der Waals surface area contributed by atoms with E-state index in [9.17, 15) is 0 Å². The van der Waals surface area contributed by atoms with E-state index < -0.39 is 0 Å². The van der Waals surface area contributed by atoms with Gasteiger partial charge in [-0.25, -0.2) is 0 Å². The maximum Gasteiger partial charge on any atom is 0.0438 e. The fourth-order valence-corrected chi connectivity index (χ4v) is 1.60. The second kappa shape index (κ2) is 4.74. The number of pyridine rings is 1. The quantitative estimate of drug-likeness (QED) is 0.735. The van der Waals surface area contributed by atoms with Crippen molar-refractivity contribution in [2.24, 2.45) is 0 Å². The van der Waals surface area contributed by atoms with Gasteiger partial charge >= 0.3 is 0 Å². The molecular formula is C14H14N. The van der Waals surface area contributed by atoms with E-state index in [2.05, 4.69) is 36.2 Å². The molecule has 1 nitrogen and oxygen atoms in total. The molecule has 1 heteroatoms. The average molecular weight is 196 g/mol. The molecule has 0 amide bonds. The third-order valence-electron chi connectivity index (χ3n) is 2.48. The molecule has 0 fully saturated rings. The normalized spacial score (nSPS) is 10.2. The second-order valence-electron chi connectivity index (χ2n) is 3.59. The lowest BCUT2D eigenvalue weighted by molar-refractivity contribution is 0.907. The van der Waals surface area contributed by atoms with Gasteiger partial charge in [-0.15, -0.1) is 0 Å². The van der Waals surface area contributed by atoms with Crippen LogP contribution in [0.4, 0.5) is 0 Å². The van der Waals surface area contributed by atoms with Gasteiger partial charge in [-0.1, -0.05) is 36.4 Å². The molecule has 15 heavy (non-hydrogen) atoms. The minimum absolute atomic E-state index is 0.962. The summed E-state index contributed by atoms with van der Waals surface area (Å²) in [5.41, 5.74) is 3.48. The van der Waals surface area contributed by atoms with E-state index in [-0.39, 0.29) is 0 Å². The van der Waals surface area contributed by atoms with E-state index in [1.807, 2.05) is 24.4 Å². The minimum Gasteiger partial charge on any atom is -0.261 e. The zero-order chi connectivity index (χ0) is 10.5. The summed E-state index contributed by atoms with van der Waals surface area (Å²) in [6.45, 7) is 3.97. The van der Waals surface area contributed by atoms with Crippen molar-refractivity contribution in [3.8, 4) is 0 Å². The third kappa shape index (κ3) is 2.66. The van der Waals surface area contributed by atoms with Gasteiger partial charge in [-0.05, 0) is 37.0 Å². The molecule has 0 unspecified atom stereocenters. The van der Waals surface area contributed by atoms with Crippen LogP contribution in [0.5, 0.6) is 0 Å². The Balaban J connectivity index is 2.03. The van der Waals surface area contributed by atoms with Gasteiger partial charge in [0, 0.05) is 11.9 Å². The summed E-state index contributed by atoms with van der Waals surface area (Å²) >= 11 is 0.